The molecule has 16 heavy (non-hydrogen) atoms. The number of benzene rings is 1. The van der Waals surface area contributed by atoms with Crippen molar-refractivity contribution in [1.29, 1.82) is 0 Å². The van der Waals surface area contributed by atoms with E-state index in [1.165, 1.54) is 0 Å². The number of hydrogen-bond acceptors (Lipinski definition) is 3. The average molecular weight is 223 g/mol. The van der Waals surface area contributed by atoms with Gasteiger partial charge in [-0.15, -0.1) is 0 Å². The van der Waals surface area contributed by atoms with Crippen LogP contribution in [0, 0.1) is 5.92 Å². The molecule has 88 valence electrons. The predicted molar refractivity (Wildman–Crippen MR) is 61.6 cm³/mol. The molecule has 0 spiro atoms. The Morgan fingerprint density at radius 1 is 1.44 bits per heavy atom. The van der Waals surface area contributed by atoms with Crippen molar-refractivity contribution in [3.8, 4) is 5.75 Å². The number of rotatable bonds is 2. The maximum Gasteiger partial charge on any atom is 0.307 e. The zero-order valence-electron chi connectivity index (χ0n) is 9.35. The minimum absolute atomic E-state index is 0.130. The number of nitrogens with one attached hydrogen (secondary N) is 1. The van der Waals surface area contributed by atoms with Crippen LogP contribution in [0.3, 0.4) is 0 Å². The van der Waals surface area contributed by atoms with E-state index < -0.39 is 5.97 Å². The summed E-state index contributed by atoms with van der Waals surface area (Å²) in [4.78, 5) is 10.2. The molecule has 0 bridgehead atoms. The third-order valence-corrected chi connectivity index (χ3v) is 2.39. The lowest BCUT2D eigenvalue weighted by Gasteiger charge is -1.96. The fourth-order valence-corrected chi connectivity index (χ4v) is 1.42. The van der Waals surface area contributed by atoms with Crippen LogP contribution < -0.4 is 10.1 Å². The van der Waals surface area contributed by atoms with Gasteiger partial charge in [-0.1, -0.05) is 18.2 Å². The molecule has 0 aliphatic carbocycles. The second-order valence-electron chi connectivity index (χ2n) is 3.55. The summed E-state index contributed by atoms with van der Waals surface area (Å²) in [6.45, 7) is 1.51. The number of hydrogen-bond donors (Lipinski definition) is 2. The second-order valence-corrected chi connectivity index (χ2v) is 3.55. The molecule has 4 heteroatoms. The van der Waals surface area contributed by atoms with E-state index >= 15 is 0 Å². The summed E-state index contributed by atoms with van der Waals surface area (Å²) in [6, 6.07) is 9.68. The molecule has 1 atom stereocenters. The van der Waals surface area contributed by atoms with Crippen molar-refractivity contribution in [2.75, 3.05) is 20.2 Å². The molecular weight excluding hydrogens is 206 g/mol. The summed E-state index contributed by atoms with van der Waals surface area (Å²) in [5, 5.41) is 11.3. The first-order valence-electron chi connectivity index (χ1n) is 5.26. The SMILES string of the molecule is COc1ccccc1.O=C(O)C1CCNC1. The number of methoxy groups -OCH3 is 1. The van der Waals surface area contributed by atoms with Crippen molar-refractivity contribution in [2.45, 2.75) is 6.42 Å². The highest BCUT2D eigenvalue weighted by Crippen LogP contribution is 2.06. The fourth-order valence-electron chi connectivity index (χ4n) is 1.42. The van der Waals surface area contributed by atoms with E-state index in [1.807, 2.05) is 30.3 Å². The molecule has 0 aromatic heterocycles. The van der Waals surface area contributed by atoms with Crippen molar-refractivity contribution in [2.24, 2.45) is 5.92 Å². The molecule has 0 saturated carbocycles. The molecule has 1 aliphatic heterocycles. The highest BCUT2D eigenvalue weighted by atomic mass is 16.5. The van der Waals surface area contributed by atoms with E-state index in [0.717, 1.165) is 18.7 Å². The Hall–Kier alpha value is -1.55. The molecule has 0 amide bonds. The fraction of sp³-hybridized carbons (Fsp3) is 0.417. The molecule has 1 aliphatic rings. The van der Waals surface area contributed by atoms with Gasteiger partial charge in [0.15, 0.2) is 0 Å². The van der Waals surface area contributed by atoms with Crippen LogP contribution in [0.25, 0.3) is 0 Å². The number of carboxylic acids is 1. The highest BCUT2D eigenvalue weighted by molar-refractivity contribution is 5.70. The number of aliphatic carboxylic acids is 1. The Labute approximate surface area is 95.2 Å². The Kier molecular flexibility index (Phi) is 5.36. The molecule has 1 aromatic rings. The molecule has 0 radical (unpaired) electrons. The Balaban J connectivity index is 0.000000160. The molecule has 4 nitrogen and oxygen atoms in total. The standard InChI is InChI=1S/C7H8O.C5H9NO2/c1-8-7-5-3-2-4-6-7;7-5(8)4-1-2-6-3-4/h2-6H,1H3;4,6H,1-3H2,(H,7,8). The van der Waals surface area contributed by atoms with Gasteiger partial charge in [-0.2, -0.15) is 0 Å². The van der Waals surface area contributed by atoms with Crippen molar-refractivity contribution in [1.82, 2.24) is 5.32 Å². The zero-order valence-corrected chi connectivity index (χ0v) is 9.35. The lowest BCUT2D eigenvalue weighted by molar-refractivity contribution is -0.140. The van der Waals surface area contributed by atoms with Crippen LogP contribution in [0.4, 0.5) is 0 Å². The van der Waals surface area contributed by atoms with Gasteiger partial charge in [0, 0.05) is 6.54 Å². The van der Waals surface area contributed by atoms with Gasteiger partial charge >= 0.3 is 5.97 Å². The van der Waals surface area contributed by atoms with Crippen LogP contribution in [0.15, 0.2) is 30.3 Å². The first-order chi connectivity index (χ1) is 7.74. The van der Waals surface area contributed by atoms with Gasteiger partial charge in [-0.25, -0.2) is 0 Å². The van der Waals surface area contributed by atoms with E-state index in [-0.39, 0.29) is 5.92 Å². The third kappa shape index (κ3) is 4.31. The maximum absolute atomic E-state index is 10.2. The van der Waals surface area contributed by atoms with Crippen LogP contribution in [-0.2, 0) is 4.79 Å². The van der Waals surface area contributed by atoms with Crippen molar-refractivity contribution in [3.05, 3.63) is 30.3 Å². The predicted octanol–water partition coefficient (Wildman–Crippen LogP) is 1.38. The lowest BCUT2D eigenvalue weighted by atomic mass is 10.1. The lowest BCUT2D eigenvalue weighted by Crippen LogP contribution is -2.16. The number of ether oxygens (including phenoxy) is 1. The molecule has 1 aromatic carbocycles. The van der Waals surface area contributed by atoms with Crippen molar-refractivity contribution in [3.63, 3.8) is 0 Å². The minimum Gasteiger partial charge on any atom is -0.497 e. The van der Waals surface area contributed by atoms with Crippen LogP contribution in [0.5, 0.6) is 5.75 Å². The van der Waals surface area contributed by atoms with Crippen molar-refractivity contribution < 1.29 is 14.6 Å². The summed E-state index contributed by atoms with van der Waals surface area (Å²) in [5.74, 6) is 0.109. The smallest absolute Gasteiger partial charge is 0.307 e. The monoisotopic (exact) mass is 223 g/mol. The first-order valence-corrected chi connectivity index (χ1v) is 5.26. The number of carbonyl (C=O) groups is 1. The molecule has 2 rings (SSSR count). The summed E-state index contributed by atoms with van der Waals surface area (Å²) in [5.41, 5.74) is 0. The Bertz CT molecular complexity index is 307. The van der Waals surface area contributed by atoms with E-state index in [1.54, 1.807) is 7.11 Å². The van der Waals surface area contributed by atoms with Gasteiger partial charge in [-0.05, 0) is 25.1 Å². The zero-order chi connectivity index (χ0) is 11.8. The molecule has 1 saturated heterocycles. The van der Waals surface area contributed by atoms with Crippen LogP contribution in [0.1, 0.15) is 6.42 Å². The van der Waals surface area contributed by atoms with Crippen LogP contribution in [0.2, 0.25) is 0 Å². The molecule has 1 heterocycles. The van der Waals surface area contributed by atoms with E-state index in [0.29, 0.717) is 6.54 Å². The van der Waals surface area contributed by atoms with Gasteiger partial charge in [0.05, 0.1) is 13.0 Å². The maximum atomic E-state index is 10.2. The Morgan fingerprint density at radius 3 is 2.44 bits per heavy atom. The highest BCUT2D eigenvalue weighted by Gasteiger charge is 2.20. The largest absolute Gasteiger partial charge is 0.497 e. The van der Waals surface area contributed by atoms with E-state index in [4.69, 9.17) is 9.84 Å². The van der Waals surface area contributed by atoms with Gasteiger partial charge < -0.3 is 15.2 Å². The van der Waals surface area contributed by atoms with Gasteiger partial charge in [0.25, 0.3) is 0 Å². The second kappa shape index (κ2) is 6.85. The van der Waals surface area contributed by atoms with Crippen LogP contribution in [-0.4, -0.2) is 31.3 Å². The number of carboxylic acid groups (broad SMARTS) is 1. The van der Waals surface area contributed by atoms with Gasteiger partial charge in [-0.3, -0.25) is 4.79 Å². The molecule has 1 fully saturated rings. The number of para-hydroxylation sites is 1. The third-order valence-electron chi connectivity index (χ3n) is 2.39. The Morgan fingerprint density at radius 2 is 2.12 bits per heavy atom. The summed E-state index contributed by atoms with van der Waals surface area (Å²) in [7, 11) is 1.66. The normalized spacial score (nSPS) is 18.4. The summed E-state index contributed by atoms with van der Waals surface area (Å²) < 4.78 is 4.91. The van der Waals surface area contributed by atoms with Crippen LogP contribution >= 0.6 is 0 Å². The van der Waals surface area contributed by atoms with E-state index in [9.17, 15) is 4.79 Å². The van der Waals surface area contributed by atoms with Gasteiger partial charge in [0.2, 0.25) is 0 Å². The topological polar surface area (TPSA) is 58.6 Å². The van der Waals surface area contributed by atoms with E-state index in [2.05, 4.69) is 5.32 Å². The molecular formula is C12H17NO3. The minimum atomic E-state index is -0.671. The first kappa shape index (κ1) is 12.5. The van der Waals surface area contributed by atoms with Crippen molar-refractivity contribution >= 4 is 5.97 Å². The quantitative estimate of drug-likeness (QED) is 0.795. The summed E-state index contributed by atoms with van der Waals surface area (Å²) in [6.07, 6.45) is 0.787. The molecule has 2 N–H and O–H groups in total. The summed E-state index contributed by atoms with van der Waals surface area (Å²) >= 11 is 0. The molecule has 1 unspecified atom stereocenters. The average Bonchev–Trinajstić information content (AvgIpc) is 2.85. The van der Waals surface area contributed by atoms with Gasteiger partial charge in [0.1, 0.15) is 5.75 Å².